The van der Waals surface area contributed by atoms with Gasteiger partial charge in [-0.2, -0.15) is 9.97 Å². The third-order valence-electron chi connectivity index (χ3n) is 2.84. The summed E-state index contributed by atoms with van der Waals surface area (Å²) in [5.41, 5.74) is 7.80. The maximum Gasteiger partial charge on any atom is 0.224 e. The number of fused-ring (bicyclic) bond motifs is 1. The van der Waals surface area contributed by atoms with Crippen LogP contribution in [0, 0.1) is 6.92 Å². The quantitative estimate of drug-likeness (QED) is 0.765. The Morgan fingerprint density at radius 1 is 1.22 bits per heavy atom. The zero-order valence-electron chi connectivity index (χ0n) is 10.1. The lowest BCUT2D eigenvalue weighted by Gasteiger charge is -2.28. The molecule has 1 fully saturated rings. The van der Waals surface area contributed by atoms with E-state index in [2.05, 4.69) is 24.8 Å². The van der Waals surface area contributed by atoms with Crippen molar-refractivity contribution in [3.8, 4) is 0 Å². The van der Waals surface area contributed by atoms with Crippen LogP contribution in [-0.2, 0) is 4.74 Å². The number of hydrogen-bond acceptors (Lipinski definition) is 7. The van der Waals surface area contributed by atoms with E-state index in [9.17, 15) is 0 Å². The highest BCUT2D eigenvalue weighted by atomic mass is 16.5. The molecule has 0 aromatic carbocycles. The van der Waals surface area contributed by atoms with Gasteiger partial charge in [-0.3, -0.25) is 0 Å². The van der Waals surface area contributed by atoms with Gasteiger partial charge in [0.25, 0.3) is 0 Å². The number of nitrogens with two attached hydrogens (primary N) is 1. The van der Waals surface area contributed by atoms with Crippen molar-refractivity contribution in [2.75, 3.05) is 36.9 Å². The summed E-state index contributed by atoms with van der Waals surface area (Å²) in [5, 5.41) is 0. The Labute approximate surface area is 104 Å². The van der Waals surface area contributed by atoms with Crippen molar-refractivity contribution in [2.24, 2.45) is 0 Å². The van der Waals surface area contributed by atoms with E-state index in [0.717, 1.165) is 24.6 Å². The zero-order valence-corrected chi connectivity index (χ0v) is 10.1. The molecule has 3 rings (SSSR count). The highest BCUT2D eigenvalue weighted by molar-refractivity contribution is 5.83. The Morgan fingerprint density at radius 2 is 2.00 bits per heavy atom. The van der Waals surface area contributed by atoms with Crippen molar-refractivity contribution in [2.45, 2.75) is 6.92 Å². The number of nitrogens with zero attached hydrogens (tertiary/aromatic N) is 5. The van der Waals surface area contributed by atoms with E-state index in [1.54, 1.807) is 6.20 Å². The summed E-state index contributed by atoms with van der Waals surface area (Å²) in [6, 6.07) is 0. The number of nitrogen functional groups attached to an aromatic ring is 1. The van der Waals surface area contributed by atoms with Crippen LogP contribution < -0.4 is 10.6 Å². The van der Waals surface area contributed by atoms with Crippen LogP contribution in [0.15, 0.2) is 6.20 Å². The molecule has 0 saturated carbocycles. The van der Waals surface area contributed by atoms with Crippen LogP contribution in [-0.4, -0.2) is 46.2 Å². The SMILES string of the molecule is Cc1cnc2nc(N)nc(N3CCOCC3)c2n1. The molecule has 7 heteroatoms. The molecule has 0 atom stereocenters. The molecule has 0 unspecified atom stereocenters. The summed E-state index contributed by atoms with van der Waals surface area (Å²) in [6.07, 6.45) is 1.68. The van der Waals surface area contributed by atoms with Gasteiger partial charge in [-0.15, -0.1) is 0 Å². The Bertz CT molecular complexity index is 581. The lowest BCUT2D eigenvalue weighted by Crippen LogP contribution is -2.37. The van der Waals surface area contributed by atoms with Gasteiger partial charge in [0.1, 0.15) is 0 Å². The molecule has 7 nitrogen and oxygen atoms in total. The summed E-state index contributed by atoms with van der Waals surface area (Å²) in [4.78, 5) is 19.2. The van der Waals surface area contributed by atoms with E-state index >= 15 is 0 Å². The number of aromatic nitrogens is 4. The first kappa shape index (κ1) is 11.1. The number of morpholine rings is 1. The minimum Gasteiger partial charge on any atom is -0.378 e. The predicted octanol–water partition coefficient (Wildman–Crippen LogP) is 0.147. The Morgan fingerprint density at radius 3 is 2.78 bits per heavy atom. The van der Waals surface area contributed by atoms with Crippen LogP contribution in [0.4, 0.5) is 11.8 Å². The fourth-order valence-corrected chi connectivity index (χ4v) is 1.99. The highest BCUT2D eigenvalue weighted by Crippen LogP contribution is 2.22. The number of rotatable bonds is 1. The fourth-order valence-electron chi connectivity index (χ4n) is 1.99. The molecule has 0 aliphatic carbocycles. The summed E-state index contributed by atoms with van der Waals surface area (Å²) < 4.78 is 5.33. The van der Waals surface area contributed by atoms with E-state index in [-0.39, 0.29) is 5.95 Å². The predicted molar refractivity (Wildman–Crippen MR) is 67.3 cm³/mol. The fraction of sp³-hybridized carbons (Fsp3) is 0.455. The molecule has 2 N–H and O–H groups in total. The van der Waals surface area contributed by atoms with Crippen LogP contribution in [0.5, 0.6) is 0 Å². The molecule has 18 heavy (non-hydrogen) atoms. The van der Waals surface area contributed by atoms with E-state index < -0.39 is 0 Å². The van der Waals surface area contributed by atoms with Crippen LogP contribution in [0.1, 0.15) is 5.69 Å². The third-order valence-corrected chi connectivity index (χ3v) is 2.84. The molecule has 3 heterocycles. The highest BCUT2D eigenvalue weighted by Gasteiger charge is 2.18. The van der Waals surface area contributed by atoms with Gasteiger partial charge in [-0.25, -0.2) is 9.97 Å². The topological polar surface area (TPSA) is 90.0 Å². The van der Waals surface area contributed by atoms with Gasteiger partial charge in [0.15, 0.2) is 17.0 Å². The Balaban J connectivity index is 2.16. The standard InChI is InChI=1S/C11H14N6O/c1-7-6-13-9-8(14-7)10(16-11(12)15-9)17-2-4-18-5-3-17/h6H,2-5H2,1H3,(H2,12,13,15,16). The maximum atomic E-state index is 5.72. The van der Waals surface area contributed by atoms with Crippen molar-refractivity contribution in [1.29, 1.82) is 0 Å². The Kier molecular flexibility index (Phi) is 2.67. The summed E-state index contributed by atoms with van der Waals surface area (Å²) in [7, 11) is 0. The molecule has 1 aliphatic heterocycles. The summed E-state index contributed by atoms with van der Waals surface area (Å²) in [6.45, 7) is 4.82. The van der Waals surface area contributed by atoms with Crippen LogP contribution in [0.2, 0.25) is 0 Å². The van der Waals surface area contributed by atoms with Crippen molar-refractivity contribution >= 4 is 22.9 Å². The van der Waals surface area contributed by atoms with Gasteiger partial charge < -0.3 is 15.4 Å². The number of ether oxygens (including phenoxy) is 1. The lowest BCUT2D eigenvalue weighted by molar-refractivity contribution is 0.122. The third kappa shape index (κ3) is 1.92. The first-order chi connectivity index (χ1) is 8.74. The number of anilines is 2. The minimum absolute atomic E-state index is 0.224. The molecule has 1 saturated heterocycles. The van der Waals surface area contributed by atoms with Gasteiger partial charge in [0, 0.05) is 13.1 Å². The molecule has 0 bridgehead atoms. The second kappa shape index (κ2) is 4.34. The van der Waals surface area contributed by atoms with E-state index in [1.165, 1.54) is 0 Å². The minimum atomic E-state index is 0.224. The zero-order chi connectivity index (χ0) is 12.5. The molecule has 1 aliphatic rings. The first-order valence-electron chi connectivity index (χ1n) is 5.83. The van der Waals surface area contributed by atoms with Gasteiger partial charge in [0.2, 0.25) is 5.95 Å². The van der Waals surface area contributed by atoms with Crippen molar-refractivity contribution < 1.29 is 4.74 Å². The normalized spacial score (nSPS) is 16.2. The molecule has 0 amide bonds. The summed E-state index contributed by atoms with van der Waals surface area (Å²) >= 11 is 0. The average Bonchev–Trinajstić information content (AvgIpc) is 2.39. The van der Waals surface area contributed by atoms with Crippen LogP contribution in [0.3, 0.4) is 0 Å². The monoisotopic (exact) mass is 246 g/mol. The van der Waals surface area contributed by atoms with Gasteiger partial charge in [-0.05, 0) is 6.92 Å². The van der Waals surface area contributed by atoms with Gasteiger partial charge in [-0.1, -0.05) is 0 Å². The van der Waals surface area contributed by atoms with Crippen LogP contribution in [0.25, 0.3) is 11.2 Å². The largest absolute Gasteiger partial charge is 0.378 e. The maximum absolute atomic E-state index is 5.72. The smallest absolute Gasteiger partial charge is 0.224 e. The molecular weight excluding hydrogens is 232 g/mol. The molecule has 2 aromatic heterocycles. The van der Waals surface area contributed by atoms with Crippen molar-refractivity contribution in [3.05, 3.63) is 11.9 Å². The molecule has 94 valence electrons. The Hall–Kier alpha value is -2.02. The average molecular weight is 246 g/mol. The van der Waals surface area contributed by atoms with Crippen LogP contribution >= 0.6 is 0 Å². The molecule has 0 spiro atoms. The molecule has 2 aromatic rings. The second-order valence-electron chi connectivity index (χ2n) is 4.19. The van der Waals surface area contributed by atoms with E-state index in [1.807, 2.05) is 6.92 Å². The number of hydrogen-bond donors (Lipinski definition) is 1. The van der Waals surface area contributed by atoms with Crippen molar-refractivity contribution in [3.63, 3.8) is 0 Å². The van der Waals surface area contributed by atoms with Crippen molar-refractivity contribution in [1.82, 2.24) is 19.9 Å². The molecule has 0 radical (unpaired) electrons. The summed E-state index contributed by atoms with van der Waals surface area (Å²) in [5.74, 6) is 0.971. The number of aryl methyl sites for hydroxylation is 1. The lowest BCUT2D eigenvalue weighted by atomic mass is 10.3. The second-order valence-corrected chi connectivity index (χ2v) is 4.19. The van der Waals surface area contributed by atoms with Gasteiger partial charge >= 0.3 is 0 Å². The van der Waals surface area contributed by atoms with E-state index in [4.69, 9.17) is 10.5 Å². The van der Waals surface area contributed by atoms with Gasteiger partial charge in [0.05, 0.1) is 25.1 Å². The first-order valence-corrected chi connectivity index (χ1v) is 5.83. The van der Waals surface area contributed by atoms with E-state index in [0.29, 0.717) is 24.4 Å². The molecular formula is C11H14N6O.